The Labute approximate surface area is 168 Å². The van der Waals surface area contributed by atoms with E-state index < -0.39 is 0 Å². The van der Waals surface area contributed by atoms with Crippen molar-refractivity contribution in [1.29, 1.82) is 0 Å². The Balaban J connectivity index is 1.62. The largest absolute Gasteiger partial charge is 0.493 e. The first-order chi connectivity index (χ1) is 13.5. The van der Waals surface area contributed by atoms with Crippen LogP contribution in [0.3, 0.4) is 0 Å². The molecule has 0 radical (unpaired) electrons. The van der Waals surface area contributed by atoms with Crippen LogP contribution in [0.5, 0.6) is 11.5 Å². The van der Waals surface area contributed by atoms with Crippen molar-refractivity contribution >= 4 is 35.1 Å². The van der Waals surface area contributed by atoms with Gasteiger partial charge in [0.1, 0.15) is 6.54 Å². The standard InChI is InChI=1S/C20H23N3O4S/c1-26-17-9-6-15(12-18(17)27-2)23-11-10-22(20(23)25)13-19(24)21-14-4-7-16(28-3)8-5-14/h4-9,12H,10-11,13H2,1-3H3,(H,21,24). The summed E-state index contributed by atoms with van der Waals surface area (Å²) in [4.78, 5) is 29.3. The molecule has 0 atom stereocenters. The van der Waals surface area contributed by atoms with E-state index in [2.05, 4.69) is 5.32 Å². The van der Waals surface area contributed by atoms with Crippen LogP contribution in [0.15, 0.2) is 47.4 Å². The Morgan fingerprint density at radius 3 is 2.43 bits per heavy atom. The molecule has 1 fully saturated rings. The molecule has 148 valence electrons. The minimum atomic E-state index is -0.223. The molecule has 2 aromatic carbocycles. The molecule has 0 saturated carbocycles. The highest BCUT2D eigenvalue weighted by Crippen LogP contribution is 2.32. The fourth-order valence-corrected chi connectivity index (χ4v) is 3.42. The number of thioether (sulfide) groups is 1. The lowest BCUT2D eigenvalue weighted by Crippen LogP contribution is -2.37. The van der Waals surface area contributed by atoms with Gasteiger partial charge in [0.15, 0.2) is 11.5 Å². The quantitative estimate of drug-likeness (QED) is 0.721. The van der Waals surface area contributed by atoms with Gasteiger partial charge in [-0.05, 0) is 42.7 Å². The van der Waals surface area contributed by atoms with Crippen LogP contribution in [0, 0.1) is 0 Å². The van der Waals surface area contributed by atoms with E-state index in [1.54, 1.807) is 49.1 Å². The summed E-state index contributed by atoms with van der Waals surface area (Å²) in [6.07, 6.45) is 2.00. The van der Waals surface area contributed by atoms with Crippen molar-refractivity contribution in [2.45, 2.75) is 4.90 Å². The Morgan fingerprint density at radius 1 is 1.07 bits per heavy atom. The minimum absolute atomic E-state index is 0.00685. The fourth-order valence-electron chi connectivity index (χ4n) is 3.01. The van der Waals surface area contributed by atoms with Crippen molar-refractivity contribution in [2.24, 2.45) is 0 Å². The molecule has 0 spiro atoms. The minimum Gasteiger partial charge on any atom is -0.493 e. The fraction of sp³-hybridized carbons (Fsp3) is 0.300. The predicted octanol–water partition coefficient (Wildman–Crippen LogP) is 3.31. The van der Waals surface area contributed by atoms with Gasteiger partial charge in [0.2, 0.25) is 5.91 Å². The second-order valence-corrected chi connectivity index (χ2v) is 7.05. The van der Waals surface area contributed by atoms with E-state index >= 15 is 0 Å². The molecule has 0 aliphatic carbocycles. The first kappa shape index (κ1) is 19.9. The number of benzene rings is 2. The number of methoxy groups -OCH3 is 2. The molecule has 0 bridgehead atoms. The maximum Gasteiger partial charge on any atom is 0.325 e. The van der Waals surface area contributed by atoms with Gasteiger partial charge in [-0.1, -0.05) is 0 Å². The Morgan fingerprint density at radius 2 is 1.79 bits per heavy atom. The van der Waals surface area contributed by atoms with Crippen LogP contribution in [0.2, 0.25) is 0 Å². The molecule has 1 aliphatic heterocycles. The zero-order valence-corrected chi connectivity index (χ0v) is 16.9. The van der Waals surface area contributed by atoms with Crippen molar-refractivity contribution in [3.8, 4) is 11.5 Å². The number of ether oxygens (including phenoxy) is 2. The average Bonchev–Trinajstić information content (AvgIpc) is 3.08. The molecule has 1 heterocycles. The molecular formula is C20H23N3O4S. The SMILES string of the molecule is COc1ccc(N2CCN(CC(=O)Nc3ccc(SC)cc3)C2=O)cc1OC. The molecule has 2 aromatic rings. The molecule has 28 heavy (non-hydrogen) atoms. The summed E-state index contributed by atoms with van der Waals surface area (Å²) in [5.41, 5.74) is 1.42. The first-order valence-electron chi connectivity index (χ1n) is 8.78. The van der Waals surface area contributed by atoms with Gasteiger partial charge in [-0.25, -0.2) is 4.79 Å². The molecule has 1 N–H and O–H groups in total. The van der Waals surface area contributed by atoms with Crippen molar-refractivity contribution < 1.29 is 19.1 Å². The normalized spacial score (nSPS) is 13.6. The van der Waals surface area contributed by atoms with E-state index in [9.17, 15) is 9.59 Å². The molecule has 0 aromatic heterocycles. The van der Waals surface area contributed by atoms with E-state index in [1.807, 2.05) is 30.5 Å². The molecule has 1 aliphatic rings. The Kier molecular flexibility index (Phi) is 6.30. The lowest BCUT2D eigenvalue weighted by atomic mass is 10.2. The second-order valence-electron chi connectivity index (χ2n) is 6.17. The van der Waals surface area contributed by atoms with Crippen LogP contribution in [-0.4, -0.2) is 56.9 Å². The van der Waals surface area contributed by atoms with E-state index in [-0.39, 0.29) is 18.5 Å². The van der Waals surface area contributed by atoms with Gasteiger partial charge in [0, 0.05) is 35.4 Å². The van der Waals surface area contributed by atoms with Crippen LogP contribution >= 0.6 is 11.8 Å². The zero-order valence-electron chi connectivity index (χ0n) is 16.1. The highest BCUT2D eigenvalue weighted by Gasteiger charge is 2.31. The molecule has 3 amide bonds. The Hall–Kier alpha value is -2.87. The van der Waals surface area contributed by atoms with Gasteiger partial charge >= 0.3 is 6.03 Å². The number of hydrogen-bond acceptors (Lipinski definition) is 5. The summed E-state index contributed by atoms with van der Waals surface area (Å²) in [5.74, 6) is 0.929. The van der Waals surface area contributed by atoms with Gasteiger partial charge < -0.3 is 19.7 Å². The maximum atomic E-state index is 12.7. The van der Waals surface area contributed by atoms with Crippen molar-refractivity contribution in [3.63, 3.8) is 0 Å². The highest BCUT2D eigenvalue weighted by molar-refractivity contribution is 7.98. The highest BCUT2D eigenvalue weighted by atomic mass is 32.2. The summed E-state index contributed by atoms with van der Waals surface area (Å²) >= 11 is 1.64. The number of urea groups is 1. The molecule has 1 saturated heterocycles. The lowest BCUT2D eigenvalue weighted by Gasteiger charge is -2.19. The Bertz CT molecular complexity index is 857. The summed E-state index contributed by atoms with van der Waals surface area (Å²) < 4.78 is 10.5. The number of rotatable bonds is 7. The lowest BCUT2D eigenvalue weighted by molar-refractivity contribution is -0.116. The van der Waals surface area contributed by atoms with Gasteiger partial charge in [-0.15, -0.1) is 11.8 Å². The van der Waals surface area contributed by atoms with Crippen LogP contribution in [0.25, 0.3) is 0 Å². The van der Waals surface area contributed by atoms with Crippen LogP contribution in [-0.2, 0) is 4.79 Å². The third-order valence-corrected chi connectivity index (χ3v) is 5.23. The zero-order chi connectivity index (χ0) is 20.1. The molecule has 0 unspecified atom stereocenters. The molecular weight excluding hydrogens is 378 g/mol. The van der Waals surface area contributed by atoms with Gasteiger partial charge in [0.05, 0.1) is 14.2 Å². The second kappa shape index (κ2) is 8.88. The number of nitrogens with one attached hydrogen (secondary N) is 1. The summed E-state index contributed by atoms with van der Waals surface area (Å²) in [7, 11) is 3.11. The van der Waals surface area contributed by atoms with E-state index in [1.165, 1.54) is 4.90 Å². The van der Waals surface area contributed by atoms with Crippen molar-refractivity contribution in [2.75, 3.05) is 50.3 Å². The third-order valence-electron chi connectivity index (χ3n) is 4.48. The van der Waals surface area contributed by atoms with Gasteiger partial charge in [0.25, 0.3) is 0 Å². The van der Waals surface area contributed by atoms with Crippen LogP contribution in [0.4, 0.5) is 16.2 Å². The maximum absolute atomic E-state index is 12.7. The summed E-state index contributed by atoms with van der Waals surface area (Å²) in [6, 6.07) is 12.7. The van der Waals surface area contributed by atoms with Gasteiger partial charge in [-0.3, -0.25) is 9.69 Å². The van der Waals surface area contributed by atoms with E-state index in [0.29, 0.717) is 36.0 Å². The smallest absolute Gasteiger partial charge is 0.325 e. The predicted molar refractivity (Wildman–Crippen MR) is 111 cm³/mol. The number of carbonyl (C=O) groups excluding carboxylic acids is 2. The van der Waals surface area contributed by atoms with Crippen molar-refractivity contribution in [1.82, 2.24) is 4.90 Å². The summed E-state index contributed by atoms with van der Waals surface area (Å²) in [6.45, 7) is 0.989. The molecule has 3 rings (SSSR count). The average molecular weight is 401 g/mol. The number of nitrogens with zero attached hydrogens (tertiary/aromatic N) is 2. The number of amides is 3. The van der Waals surface area contributed by atoms with Gasteiger partial charge in [-0.2, -0.15) is 0 Å². The van der Waals surface area contributed by atoms with Crippen LogP contribution in [0.1, 0.15) is 0 Å². The van der Waals surface area contributed by atoms with Crippen molar-refractivity contribution in [3.05, 3.63) is 42.5 Å². The number of hydrogen-bond donors (Lipinski definition) is 1. The topological polar surface area (TPSA) is 71.1 Å². The van der Waals surface area contributed by atoms with E-state index in [4.69, 9.17) is 9.47 Å². The molecule has 8 heteroatoms. The monoisotopic (exact) mass is 401 g/mol. The summed E-state index contributed by atoms with van der Waals surface area (Å²) in [5, 5.41) is 2.83. The first-order valence-corrected chi connectivity index (χ1v) is 10.0. The van der Waals surface area contributed by atoms with Crippen LogP contribution < -0.4 is 19.7 Å². The third kappa shape index (κ3) is 4.33. The van der Waals surface area contributed by atoms with E-state index in [0.717, 1.165) is 4.90 Å². The molecule has 7 nitrogen and oxygen atoms in total. The number of anilines is 2. The number of carbonyl (C=O) groups is 2.